The van der Waals surface area contributed by atoms with Crippen LogP contribution in [0.1, 0.15) is 26.2 Å². The van der Waals surface area contributed by atoms with Crippen molar-refractivity contribution in [3.05, 3.63) is 18.2 Å². The summed E-state index contributed by atoms with van der Waals surface area (Å²) in [5, 5.41) is 7.13. The first kappa shape index (κ1) is 23.9. The summed E-state index contributed by atoms with van der Waals surface area (Å²) in [4.78, 5) is 9.35. The van der Waals surface area contributed by atoms with Crippen molar-refractivity contribution in [1.82, 2.24) is 15.5 Å². The second-order valence-electron chi connectivity index (χ2n) is 7.52. The van der Waals surface area contributed by atoms with Crippen LogP contribution in [0.25, 0.3) is 0 Å². The van der Waals surface area contributed by atoms with Crippen LogP contribution in [0.2, 0.25) is 0 Å². The normalized spacial score (nSPS) is 22.3. The van der Waals surface area contributed by atoms with Crippen molar-refractivity contribution in [2.24, 2.45) is 4.99 Å². The topological polar surface area (TPSA) is 61.4 Å². The second kappa shape index (κ2) is 11.7. The molecule has 0 amide bonds. The van der Waals surface area contributed by atoms with Gasteiger partial charge in [0.05, 0.1) is 14.2 Å². The maximum absolute atomic E-state index is 5.41. The van der Waals surface area contributed by atoms with E-state index in [0.717, 1.165) is 55.7 Å². The van der Waals surface area contributed by atoms with E-state index in [2.05, 4.69) is 44.5 Å². The lowest BCUT2D eigenvalue weighted by Gasteiger charge is -2.25. The van der Waals surface area contributed by atoms with Crippen LogP contribution in [-0.2, 0) is 0 Å². The number of guanidine groups is 1. The van der Waals surface area contributed by atoms with E-state index in [1.54, 1.807) is 14.2 Å². The van der Waals surface area contributed by atoms with Gasteiger partial charge < -0.3 is 25.0 Å². The van der Waals surface area contributed by atoms with Gasteiger partial charge in [-0.1, -0.05) is 6.92 Å². The number of aliphatic imine (C=N–C) groups is 1. The zero-order valence-electron chi connectivity index (χ0n) is 18.1. The molecular formula is C21H36IN5O2. The molecule has 0 saturated carbocycles. The zero-order chi connectivity index (χ0) is 19.9. The third-order valence-electron chi connectivity index (χ3n) is 5.86. The van der Waals surface area contributed by atoms with E-state index in [1.807, 2.05) is 13.1 Å². The summed E-state index contributed by atoms with van der Waals surface area (Å²) in [5.74, 6) is 2.54. The molecule has 2 saturated heterocycles. The Labute approximate surface area is 192 Å². The van der Waals surface area contributed by atoms with E-state index in [1.165, 1.54) is 19.4 Å². The Balaban J connectivity index is 0.00000300. The van der Waals surface area contributed by atoms with Crippen molar-refractivity contribution >= 4 is 35.6 Å². The maximum atomic E-state index is 5.41. The first-order chi connectivity index (χ1) is 13.7. The molecule has 0 aromatic heterocycles. The van der Waals surface area contributed by atoms with E-state index in [9.17, 15) is 0 Å². The van der Waals surface area contributed by atoms with E-state index >= 15 is 0 Å². The third-order valence-corrected chi connectivity index (χ3v) is 5.86. The fraction of sp³-hybridized carbons (Fsp3) is 0.667. The molecule has 7 nitrogen and oxygen atoms in total. The van der Waals surface area contributed by atoms with Gasteiger partial charge in [0.1, 0.15) is 11.5 Å². The van der Waals surface area contributed by atoms with Crippen molar-refractivity contribution in [3.8, 4) is 11.5 Å². The molecule has 2 heterocycles. The highest BCUT2D eigenvalue weighted by atomic mass is 127. The van der Waals surface area contributed by atoms with Crippen LogP contribution >= 0.6 is 24.0 Å². The van der Waals surface area contributed by atoms with Gasteiger partial charge in [-0.2, -0.15) is 0 Å². The number of likely N-dealkylation sites (N-methyl/N-ethyl adjacent to an activating group) is 1. The Morgan fingerprint density at radius 3 is 2.48 bits per heavy atom. The number of rotatable bonds is 7. The third kappa shape index (κ3) is 6.28. The van der Waals surface area contributed by atoms with Crippen molar-refractivity contribution in [2.45, 2.75) is 38.3 Å². The number of likely N-dealkylation sites (tertiary alicyclic amines) is 1. The lowest BCUT2D eigenvalue weighted by atomic mass is 10.2. The molecule has 2 aliphatic rings. The molecule has 2 fully saturated rings. The number of benzene rings is 1. The van der Waals surface area contributed by atoms with E-state index in [4.69, 9.17) is 9.47 Å². The molecule has 0 spiro atoms. The van der Waals surface area contributed by atoms with Gasteiger partial charge in [-0.3, -0.25) is 9.89 Å². The number of nitrogens with one attached hydrogen (secondary N) is 2. The monoisotopic (exact) mass is 517 g/mol. The summed E-state index contributed by atoms with van der Waals surface area (Å²) < 4.78 is 10.8. The largest absolute Gasteiger partial charge is 0.497 e. The lowest BCUT2D eigenvalue weighted by Crippen LogP contribution is -2.48. The summed E-state index contributed by atoms with van der Waals surface area (Å²) in [7, 11) is 5.22. The second-order valence-corrected chi connectivity index (χ2v) is 7.52. The lowest BCUT2D eigenvalue weighted by molar-refractivity contribution is 0.267. The number of halogens is 1. The maximum Gasteiger partial charge on any atom is 0.191 e. The summed E-state index contributed by atoms with van der Waals surface area (Å²) in [6.45, 7) is 7.47. The summed E-state index contributed by atoms with van der Waals surface area (Å²) in [6, 6.07) is 7.03. The molecule has 8 heteroatoms. The predicted molar refractivity (Wildman–Crippen MR) is 130 cm³/mol. The Hall–Kier alpha value is -1.42. The Morgan fingerprint density at radius 1 is 1.14 bits per heavy atom. The Bertz CT molecular complexity index is 650. The molecule has 1 aromatic carbocycles. The summed E-state index contributed by atoms with van der Waals surface area (Å²) in [5.41, 5.74) is 1.13. The summed E-state index contributed by atoms with van der Waals surface area (Å²) >= 11 is 0. The van der Waals surface area contributed by atoms with Crippen molar-refractivity contribution in [1.29, 1.82) is 0 Å². The van der Waals surface area contributed by atoms with Crippen LogP contribution in [0.15, 0.2) is 23.2 Å². The first-order valence-electron chi connectivity index (χ1n) is 10.4. The van der Waals surface area contributed by atoms with Crippen LogP contribution in [0.3, 0.4) is 0 Å². The molecule has 0 radical (unpaired) electrons. The number of hydrogen-bond donors (Lipinski definition) is 2. The van der Waals surface area contributed by atoms with Crippen LogP contribution in [0.5, 0.6) is 11.5 Å². The van der Waals surface area contributed by atoms with Gasteiger partial charge in [0.25, 0.3) is 0 Å². The molecule has 1 aromatic rings. The SMILES string of the molecule is CCN1CCCC1CNC(=NC)NC1CCN(c2cc(OC)cc(OC)c2)C1.I. The minimum atomic E-state index is 0. The van der Waals surface area contributed by atoms with Crippen molar-refractivity contribution in [2.75, 3.05) is 58.9 Å². The van der Waals surface area contributed by atoms with Gasteiger partial charge in [-0.25, -0.2) is 0 Å². The molecule has 164 valence electrons. The number of methoxy groups -OCH3 is 2. The van der Waals surface area contributed by atoms with Crippen LogP contribution < -0.4 is 25.0 Å². The number of ether oxygens (including phenoxy) is 2. The van der Waals surface area contributed by atoms with Crippen LogP contribution in [0, 0.1) is 0 Å². The van der Waals surface area contributed by atoms with Crippen molar-refractivity contribution in [3.63, 3.8) is 0 Å². The van der Waals surface area contributed by atoms with E-state index in [-0.39, 0.29) is 24.0 Å². The van der Waals surface area contributed by atoms with Crippen molar-refractivity contribution < 1.29 is 9.47 Å². The highest BCUT2D eigenvalue weighted by Crippen LogP contribution is 2.30. The molecule has 2 N–H and O–H groups in total. The predicted octanol–water partition coefficient (Wildman–Crippen LogP) is 2.55. The molecule has 3 rings (SSSR count). The van der Waals surface area contributed by atoms with Gasteiger partial charge in [-0.15, -0.1) is 24.0 Å². The standard InChI is InChI=1S/C21H35N5O2.HI/c1-5-25-9-6-7-17(25)14-23-21(22-2)24-16-8-10-26(15-16)18-11-19(27-3)13-20(12-18)28-4;/h11-13,16-17H,5-10,14-15H2,1-4H3,(H2,22,23,24);1H. The van der Waals surface area contributed by atoms with E-state index in [0.29, 0.717) is 12.1 Å². The van der Waals surface area contributed by atoms with Gasteiger partial charge in [0.2, 0.25) is 0 Å². The van der Waals surface area contributed by atoms with Gasteiger partial charge in [-0.05, 0) is 32.4 Å². The summed E-state index contributed by atoms with van der Waals surface area (Å²) in [6.07, 6.45) is 3.64. The Morgan fingerprint density at radius 2 is 1.86 bits per heavy atom. The minimum Gasteiger partial charge on any atom is -0.497 e. The zero-order valence-corrected chi connectivity index (χ0v) is 20.4. The number of hydrogen-bond acceptors (Lipinski definition) is 5. The minimum absolute atomic E-state index is 0. The molecule has 0 aliphatic carbocycles. The first-order valence-corrected chi connectivity index (χ1v) is 10.4. The number of nitrogens with zero attached hydrogens (tertiary/aromatic N) is 3. The highest BCUT2D eigenvalue weighted by molar-refractivity contribution is 14.0. The molecule has 2 aliphatic heterocycles. The molecular weight excluding hydrogens is 481 g/mol. The molecule has 2 atom stereocenters. The Kier molecular flexibility index (Phi) is 9.61. The molecule has 0 bridgehead atoms. The van der Waals surface area contributed by atoms with Gasteiger partial charge >= 0.3 is 0 Å². The van der Waals surface area contributed by atoms with Crippen LogP contribution in [-0.4, -0.2) is 76.9 Å². The molecule has 2 unspecified atom stereocenters. The van der Waals surface area contributed by atoms with Gasteiger partial charge in [0, 0.05) is 62.7 Å². The number of anilines is 1. The highest BCUT2D eigenvalue weighted by Gasteiger charge is 2.26. The average Bonchev–Trinajstić information content (AvgIpc) is 3.39. The average molecular weight is 517 g/mol. The van der Waals surface area contributed by atoms with Crippen LogP contribution in [0.4, 0.5) is 5.69 Å². The fourth-order valence-corrected chi connectivity index (χ4v) is 4.23. The smallest absolute Gasteiger partial charge is 0.191 e. The van der Waals surface area contributed by atoms with E-state index < -0.39 is 0 Å². The quantitative estimate of drug-likeness (QED) is 0.330. The fourth-order valence-electron chi connectivity index (χ4n) is 4.23. The van der Waals surface area contributed by atoms with Gasteiger partial charge in [0.15, 0.2) is 5.96 Å². The molecule has 29 heavy (non-hydrogen) atoms.